The van der Waals surface area contributed by atoms with E-state index < -0.39 is 22.8 Å². The Balaban J connectivity index is 1.42. The summed E-state index contributed by atoms with van der Waals surface area (Å²) in [6.45, 7) is 5.59. The SMILES string of the molecule is Cc1nc(Oc2ccc(NC(=O)Nc3ccc(Cl)c(C(F)(F)F)c3)cc2)cc(-n2cnc(C)c2C)n1. The van der Waals surface area contributed by atoms with Crippen molar-refractivity contribution in [3.8, 4) is 17.4 Å². The van der Waals surface area contributed by atoms with Crippen LogP contribution in [0.3, 0.4) is 0 Å². The number of benzene rings is 2. The molecule has 0 bridgehead atoms. The van der Waals surface area contributed by atoms with E-state index in [4.69, 9.17) is 16.3 Å². The Kier molecular flexibility index (Phi) is 6.84. The van der Waals surface area contributed by atoms with Crippen LogP contribution < -0.4 is 15.4 Å². The second kappa shape index (κ2) is 9.86. The number of hydrogen-bond donors (Lipinski definition) is 2. The van der Waals surface area contributed by atoms with Crippen LogP contribution in [0.1, 0.15) is 22.8 Å². The van der Waals surface area contributed by atoms with Crippen LogP contribution in [0.25, 0.3) is 5.82 Å². The first-order valence-electron chi connectivity index (χ1n) is 10.6. The monoisotopic (exact) mass is 516 g/mol. The van der Waals surface area contributed by atoms with Crippen LogP contribution in [-0.4, -0.2) is 25.6 Å². The normalized spacial score (nSPS) is 11.3. The summed E-state index contributed by atoms with van der Waals surface area (Å²) in [5, 5.41) is 4.45. The van der Waals surface area contributed by atoms with Gasteiger partial charge in [0.2, 0.25) is 5.88 Å². The molecule has 0 atom stereocenters. The quantitative estimate of drug-likeness (QED) is 0.308. The van der Waals surface area contributed by atoms with E-state index in [-0.39, 0.29) is 5.69 Å². The third-order valence-electron chi connectivity index (χ3n) is 5.16. The van der Waals surface area contributed by atoms with Gasteiger partial charge in [0, 0.05) is 23.1 Å². The summed E-state index contributed by atoms with van der Waals surface area (Å²) in [5.41, 5.74) is 1.14. The zero-order chi connectivity index (χ0) is 26.0. The van der Waals surface area contributed by atoms with Gasteiger partial charge in [-0.05, 0) is 63.2 Å². The molecule has 36 heavy (non-hydrogen) atoms. The van der Waals surface area contributed by atoms with Crippen molar-refractivity contribution in [3.63, 3.8) is 0 Å². The maximum atomic E-state index is 13.0. The molecule has 2 N–H and O–H groups in total. The van der Waals surface area contributed by atoms with Gasteiger partial charge in [-0.1, -0.05) is 11.6 Å². The van der Waals surface area contributed by atoms with Crippen molar-refractivity contribution in [2.75, 3.05) is 10.6 Å². The van der Waals surface area contributed by atoms with E-state index in [2.05, 4.69) is 25.6 Å². The molecule has 0 aliphatic rings. The van der Waals surface area contributed by atoms with E-state index in [0.717, 1.165) is 23.5 Å². The van der Waals surface area contributed by atoms with Crippen LogP contribution in [0.5, 0.6) is 11.6 Å². The molecule has 0 saturated carbocycles. The number of alkyl halides is 3. The third kappa shape index (κ3) is 5.74. The Hall–Kier alpha value is -4.12. The van der Waals surface area contributed by atoms with Gasteiger partial charge in [0.05, 0.1) is 16.3 Å². The lowest BCUT2D eigenvalue weighted by Gasteiger charge is -2.13. The molecule has 2 aromatic carbocycles. The van der Waals surface area contributed by atoms with Gasteiger partial charge in [0.1, 0.15) is 23.7 Å². The molecule has 0 spiro atoms. The van der Waals surface area contributed by atoms with Gasteiger partial charge in [-0.2, -0.15) is 18.2 Å². The van der Waals surface area contributed by atoms with Gasteiger partial charge >= 0.3 is 12.2 Å². The number of hydrogen-bond acceptors (Lipinski definition) is 5. The lowest BCUT2D eigenvalue weighted by atomic mass is 10.2. The summed E-state index contributed by atoms with van der Waals surface area (Å²) >= 11 is 5.60. The number of halogens is 4. The Morgan fingerprint density at radius 2 is 1.64 bits per heavy atom. The molecular weight excluding hydrogens is 497 g/mol. The second-order valence-electron chi connectivity index (χ2n) is 7.79. The predicted octanol–water partition coefficient (Wildman–Crippen LogP) is 6.70. The predicted molar refractivity (Wildman–Crippen MR) is 129 cm³/mol. The minimum Gasteiger partial charge on any atom is -0.439 e. The fourth-order valence-electron chi connectivity index (χ4n) is 3.27. The lowest BCUT2D eigenvalue weighted by molar-refractivity contribution is -0.137. The van der Waals surface area contributed by atoms with Crippen LogP contribution in [0.15, 0.2) is 54.9 Å². The maximum absolute atomic E-state index is 13.0. The first-order valence-corrected chi connectivity index (χ1v) is 11.0. The summed E-state index contributed by atoms with van der Waals surface area (Å²) in [5.74, 6) is 1.90. The summed E-state index contributed by atoms with van der Waals surface area (Å²) in [6, 6.07) is 10.5. The van der Waals surface area contributed by atoms with Gasteiger partial charge in [-0.3, -0.25) is 4.57 Å². The molecule has 4 aromatic rings. The van der Waals surface area contributed by atoms with E-state index in [1.165, 1.54) is 6.07 Å². The number of anilines is 2. The van der Waals surface area contributed by atoms with Crippen LogP contribution >= 0.6 is 11.6 Å². The zero-order valence-corrected chi connectivity index (χ0v) is 20.1. The summed E-state index contributed by atoms with van der Waals surface area (Å²) in [7, 11) is 0. The van der Waals surface area contributed by atoms with Gasteiger partial charge < -0.3 is 15.4 Å². The fourth-order valence-corrected chi connectivity index (χ4v) is 3.50. The maximum Gasteiger partial charge on any atom is 0.417 e. The van der Waals surface area contributed by atoms with Crippen molar-refractivity contribution in [3.05, 3.63) is 82.7 Å². The van der Waals surface area contributed by atoms with Crippen LogP contribution in [-0.2, 0) is 6.18 Å². The smallest absolute Gasteiger partial charge is 0.417 e. The number of aromatic nitrogens is 4. The molecule has 0 radical (unpaired) electrons. The Morgan fingerprint density at radius 1 is 0.972 bits per heavy atom. The van der Waals surface area contributed by atoms with Gasteiger partial charge in [-0.25, -0.2) is 14.8 Å². The molecule has 186 valence electrons. The lowest BCUT2D eigenvalue weighted by Crippen LogP contribution is -2.19. The average molecular weight is 517 g/mol. The van der Waals surface area contributed by atoms with Crippen LogP contribution in [0.2, 0.25) is 5.02 Å². The highest BCUT2D eigenvalue weighted by molar-refractivity contribution is 6.31. The minimum atomic E-state index is -4.64. The average Bonchev–Trinajstić information content (AvgIpc) is 3.13. The second-order valence-corrected chi connectivity index (χ2v) is 8.20. The number of amides is 2. The molecule has 4 rings (SSSR count). The Labute approximate surface area is 209 Å². The standard InChI is InChI=1S/C24H20ClF3N6O2/c1-13-14(2)34(12-29-13)21-11-22(31-15(3)30-21)36-18-7-4-16(5-8-18)32-23(35)33-17-6-9-20(25)19(10-17)24(26,27)28/h4-12H,1-3H3,(H2,32,33,35). The van der Waals surface area contributed by atoms with E-state index in [9.17, 15) is 18.0 Å². The number of aryl methyl sites for hydroxylation is 2. The van der Waals surface area contributed by atoms with E-state index >= 15 is 0 Å². The van der Waals surface area contributed by atoms with Crippen molar-refractivity contribution < 1.29 is 22.7 Å². The van der Waals surface area contributed by atoms with Crippen molar-refractivity contribution >= 4 is 29.0 Å². The van der Waals surface area contributed by atoms with Gasteiger partial charge in [0.25, 0.3) is 0 Å². The highest BCUT2D eigenvalue weighted by atomic mass is 35.5. The van der Waals surface area contributed by atoms with E-state index in [1.807, 2.05) is 18.4 Å². The van der Waals surface area contributed by atoms with Gasteiger partial charge in [-0.15, -0.1) is 0 Å². The zero-order valence-electron chi connectivity index (χ0n) is 19.3. The molecule has 0 unspecified atom stereocenters. The molecule has 0 aliphatic heterocycles. The van der Waals surface area contributed by atoms with Crippen molar-refractivity contribution in [2.45, 2.75) is 26.9 Å². The molecule has 2 aromatic heterocycles. The fraction of sp³-hybridized carbons (Fsp3) is 0.167. The number of nitrogens with zero attached hydrogens (tertiary/aromatic N) is 4. The van der Waals surface area contributed by atoms with Crippen LogP contribution in [0.4, 0.5) is 29.3 Å². The first-order chi connectivity index (χ1) is 17.0. The minimum absolute atomic E-state index is 0.0533. The van der Waals surface area contributed by atoms with E-state index in [1.54, 1.807) is 43.6 Å². The number of urea groups is 1. The summed E-state index contributed by atoms with van der Waals surface area (Å²) in [6.07, 6.45) is -2.96. The van der Waals surface area contributed by atoms with Crippen LogP contribution in [0, 0.1) is 20.8 Å². The number of ether oxygens (including phenoxy) is 1. The number of carbonyl (C=O) groups is 1. The molecule has 12 heteroatoms. The Morgan fingerprint density at radius 3 is 2.28 bits per heavy atom. The number of rotatable bonds is 5. The summed E-state index contributed by atoms with van der Waals surface area (Å²) in [4.78, 5) is 25.3. The topological polar surface area (TPSA) is 94.0 Å². The number of nitrogens with one attached hydrogen (secondary N) is 2. The molecule has 2 amide bonds. The Bertz CT molecular complexity index is 1420. The van der Waals surface area contributed by atoms with E-state index in [0.29, 0.717) is 29.0 Å². The van der Waals surface area contributed by atoms with Crippen molar-refractivity contribution in [1.29, 1.82) is 0 Å². The molecule has 0 fully saturated rings. The number of carbonyl (C=O) groups excluding carboxylic acids is 1. The highest BCUT2D eigenvalue weighted by Crippen LogP contribution is 2.36. The molecule has 2 heterocycles. The largest absolute Gasteiger partial charge is 0.439 e. The molecule has 8 nitrogen and oxygen atoms in total. The first kappa shape index (κ1) is 25.0. The van der Waals surface area contributed by atoms with Crippen molar-refractivity contribution in [2.24, 2.45) is 0 Å². The number of imidazole rings is 1. The molecule has 0 aliphatic carbocycles. The molecular formula is C24H20ClF3N6O2. The molecule has 0 saturated heterocycles. The third-order valence-corrected chi connectivity index (χ3v) is 5.49. The van der Waals surface area contributed by atoms with Gasteiger partial charge in [0.15, 0.2) is 0 Å². The van der Waals surface area contributed by atoms with Crippen molar-refractivity contribution in [1.82, 2.24) is 19.5 Å². The summed E-state index contributed by atoms with van der Waals surface area (Å²) < 4.78 is 46.7. The highest BCUT2D eigenvalue weighted by Gasteiger charge is 2.33.